The van der Waals surface area contributed by atoms with Crippen molar-refractivity contribution in [3.8, 4) is 0 Å². The number of rotatable bonds is 6. The first-order valence-corrected chi connectivity index (χ1v) is 8.33. The Kier molecular flexibility index (Phi) is 5.37. The first kappa shape index (κ1) is 16.7. The lowest BCUT2D eigenvalue weighted by Gasteiger charge is -2.03. The lowest BCUT2D eigenvalue weighted by molar-refractivity contribution is -0.118. The molecule has 25 heavy (non-hydrogen) atoms. The average molecular weight is 353 g/mol. The maximum Gasteiger partial charge on any atom is 0.250 e. The van der Waals surface area contributed by atoms with Crippen LogP contribution in [-0.4, -0.2) is 37.5 Å². The van der Waals surface area contributed by atoms with E-state index in [0.29, 0.717) is 16.6 Å². The van der Waals surface area contributed by atoms with E-state index < -0.39 is 0 Å². The Morgan fingerprint density at radius 1 is 1.36 bits per heavy atom. The van der Waals surface area contributed by atoms with E-state index in [-0.39, 0.29) is 11.7 Å². The lowest BCUT2D eigenvalue weighted by Crippen LogP contribution is -2.19. The van der Waals surface area contributed by atoms with Crippen molar-refractivity contribution >= 4 is 41.4 Å². The maximum absolute atomic E-state index is 11.8. The van der Waals surface area contributed by atoms with Crippen molar-refractivity contribution in [3.63, 3.8) is 0 Å². The molecule has 126 valence electrons. The minimum Gasteiger partial charge on any atom is -0.383 e. The van der Waals surface area contributed by atoms with E-state index in [1.54, 1.807) is 12.1 Å². The number of hydrogen-bond acceptors (Lipinski definition) is 7. The number of fused-ring (bicyclic) bond motifs is 1. The zero-order valence-corrected chi connectivity index (χ0v) is 13.9. The Labute approximate surface area is 147 Å². The smallest absolute Gasteiger partial charge is 0.250 e. The summed E-state index contributed by atoms with van der Waals surface area (Å²) < 4.78 is 1.53. The topological polar surface area (TPSA) is 111 Å². The van der Waals surface area contributed by atoms with Crippen molar-refractivity contribution in [2.75, 3.05) is 11.5 Å². The summed E-state index contributed by atoms with van der Waals surface area (Å²) in [5.74, 6) is 0.199. The highest BCUT2D eigenvalue weighted by atomic mass is 32.2. The van der Waals surface area contributed by atoms with Crippen LogP contribution >= 0.6 is 11.8 Å². The highest BCUT2D eigenvalue weighted by Gasteiger charge is 2.09. The van der Waals surface area contributed by atoms with Crippen molar-refractivity contribution in [2.24, 2.45) is 5.10 Å². The van der Waals surface area contributed by atoms with Gasteiger partial charge < -0.3 is 5.73 Å². The summed E-state index contributed by atoms with van der Waals surface area (Å²) >= 11 is 1.20. The number of aromatic nitrogens is 4. The van der Waals surface area contributed by atoms with Gasteiger partial charge in [-0.2, -0.15) is 14.7 Å². The Hall–Kier alpha value is -3.20. The molecular formula is C16H15N7OS. The molecule has 0 spiro atoms. The summed E-state index contributed by atoms with van der Waals surface area (Å²) in [5, 5.41) is 8.41. The molecule has 9 heteroatoms. The number of nitrogen functional groups attached to an aromatic ring is 1. The third-order valence-corrected chi connectivity index (χ3v) is 3.96. The van der Waals surface area contributed by atoms with Crippen LogP contribution in [0, 0.1) is 0 Å². The van der Waals surface area contributed by atoms with Crippen LogP contribution in [0.2, 0.25) is 0 Å². The van der Waals surface area contributed by atoms with Gasteiger partial charge in [0, 0.05) is 12.3 Å². The second-order valence-electron chi connectivity index (χ2n) is 4.87. The third kappa shape index (κ3) is 4.64. The number of allylic oxidation sites excluding steroid dienone is 1. The van der Waals surface area contributed by atoms with E-state index in [0.717, 1.165) is 5.56 Å². The molecule has 0 fully saturated rings. The second-order valence-corrected chi connectivity index (χ2v) is 5.81. The van der Waals surface area contributed by atoms with Gasteiger partial charge in [0.15, 0.2) is 10.8 Å². The molecule has 3 N–H and O–H groups in total. The van der Waals surface area contributed by atoms with Crippen molar-refractivity contribution in [2.45, 2.75) is 5.16 Å². The number of benzene rings is 1. The lowest BCUT2D eigenvalue weighted by atomic mass is 10.2. The Balaban J connectivity index is 1.50. The zero-order chi connectivity index (χ0) is 17.5. The zero-order valence-electron chi connectivity index (χ0n) is 13.1. The molecule has 3 aromatic rings. The first-order valence-electron chi connectivity index (χ1n) is 7.35. The van der Waals surface area contributed by atoms with Crippen molar-refractivity contribution in [1.82, 2.24) is 25.0 Å². The highest BCUT2D eigenvalue weighted by molar-refractivity contribution is 7.99. The number of carbonyl (C=O) groups is 1. The number of amides is 1. The van der Waals surface area contributed by atoms with Crippen LogP contribution < -0.4 is 11.2 Å². The van der Waals surface area contributed by atoms with E-state index in [2.05, 4.69) is 25.6 Å². The molecule has 0 bridgehead atoms. The number of carbonyl (C=O) groups excluding carboxylic acids is 1. The van der Waals surface area contributed by atoms with Gasteiger partial charge in [0.1, 0.15) is 12.1 Å². The van der Waals surface area contributed by atoms with Gasteiger partial charge in [-0.05, 0) is 11.6 Å². The Bertz CT molecular complexity index is 921. The predicted molar refractivity (Wildman–Crippen MR) is 98.0 cm³/mol. The number of nitrogens with two attached hydrogens (primary N) is 1. The molecule has 0 saturated carbocycles. The van der Waals surface area contributed by atoms with Gasteiger partial charge in [-0.25, -0.2) is 15.4 Å². The normalized spacial score (nSPS) is 11.5. The molecule has 0 unspecified atom stereocenters. The Morgan fingerprint density at radius 3 is 3.04 bits per heavy atom. The van der Waals surface area contributed by atoms with Crippen molar-refractivity contribution < 1.29 is 4.79 Å². The summed E-state index contributed by atoms with van der Waals surface area (Å²) in [5.41, 5.74) is 9.80. The van der Waals surface area contributed by atoms with Gasteiger partial charge >= 0.3 is 0 Å². The molecule has 0 atom stereocenters. The van der Waals surface area contributed by atoms with Gasteiger partial charge in [0.25, 0.3) is 5.91 Å². The SMILES string of the molecule is Nc1cc2ncnn2c(SCC(=O)N/N=C\C=C\c2ccccc2)n1. The summed E-state index contributed by atoms with van der Waals surface area (Å²) in [6, 6.07) is 11.4. The van der Waals surface area contributed by atoms with Crippen LogP contribution in [0.25, 0.3) is 11.7 Å². The van der Waals surface area contributed by atoms with Gasteiger partial charge in [-0.3, -0.25) is 4.79 Å². The third-order valence-electron chi connectivity index (χ3n) is 3.03. The molecule has 0 radical (unpaired) electrons. The summed E-state index contributed by atoms with van der Waals surface area (Å²) in [7, 11) is 0. The van der Waals surface area contributed by atoms with Gasteiger partial charge in [-0.1, -0.05) is 48.2 Å². The van der Waals surface area contributed by atoms with Gasteiger partial charge in [-0.15, -0.1) is 0 Å². The van der Waals surface area contributed by atoms with E-state index in [1.165, 1.54) is 28.8 Å². The number of thioether (sulfide) groups is 1. The Morgan fingerprint density at radius 2 is 2.20 bits per heavy atom. The molecule has 3 rings (SSSR count). The van der Waals surface area contributed by atoms with Crippen LogP contribution in [0.1, 0.15) is 5.56 Å². The van der Waals surface area contributed by atoms with Crippen LogP contribution in [0.5, 0.6) is 0 Å². The number of nitrogens with zero attached hydrogens (tertiary/aromatic N) is 5. The first-order chi connectivity index (χ1) is 12.2. The molecular weight excluding hydrogens is 338 g/mol. The fraction of sp³-hybridized carbons (Fsp3) is 0.0625. The van der Waals surface area contributed by atoms with Crippen molar-refractivity contribution in [1.29, 1.82) is 0 Å². The quantitative estimate of drug-likeness (QED) is 0.301. The molecule has 0 aliphatic rings. The monoisotopic (exact) mass is 353 g/mol. The van der Waals surface area contributed by atoms with E-state index >= 15 is 0 Å². The van der Waals surface area contributed by atoms with E-state index in [9.17, 15) is 4.79 Å². The fourth-order valence-corrected chi connectivity index (χ4v) is 2.70. The number of hydrazone groups is 1. The highest BCUT2D eigenvalue weighted by Crippen LogP contribution is 2.17. The number of nitrogens with one attached hydrogen (secondary N) is 1. The van der Waals surface area contributed by atoms with Crippen LogP contribution in [-0.2, 0) is 4.79 Å². The second kappa shape index (κ2) is 8.06. The standard InChI is InChI=1S/C16H15N7OS/c17-13-9-14-18-11-20-23(14)16(21-13)25-10-15(24)22-19-8-4-7-12-5-2-1-3-6-12/h1-9,11H,10,17H2,(H,22,24)/b7-4+,19-8-. The minimum absolute atomic E-state index is 0.130. The molecule has 1 amide bonds. The molecule has 1 aromatic carbocycles. The maximum atomic E-state index is 11.8. The summed E-state index contributed by atoms with van der Waals surface area (Å²) in [4.78, 5) is 20.0. The van der Waals surface area contributed by atoms with Crippen LogP contribution in [0.4, 0.5) is 5.82 Å². The largest absolute Gasteiger partial charge is 0.383 e. The van der Waals surface area contributed by atoms with Crippen molar-refractivity contribution in [3.05, 3.63) is 54.4 Å². The summed E-state index contributed by atoms with van der Waals surface area (Å²) in [6.07, 6.45) is 6.57. The van der Waals surface area contributed by atoms with Gasteiger partial charge in [0.05, 0.1) is 5.75 Å². The van der Waals surface area contributed by atoms with E-state index in [4.69, 9.17) is 5.73 Å². The average Bonchev–Trinajstić information content (AvgIpc) is 3.08. The van der Waals surface area contributed by atoms with Crippen LogP contribution in [0.15, 0.2) is 59.1 Å². The fourth-order valence-electron chi connectivity index (χ4n) is 1.94. The molecule has 2 aromatic heterocycles. The molecule has 0 saturated heterocycles. The predicted octanol–water partition coefficient (Wildman–Crippen LogP) is 1.61. The van der Waals surface area contributed by atoms with Gasteiger partial charge in [0.2, 0.25) is 0 Å². The molecule has 8 nitrogen and oxygen atoms in total. The summed E-state index contributed by atoms with van der Waals surface area (Å²) in [6.45, 7) is 0. The van der Waals surface area contributed by atoms with Crippen LogP contribution in [0.3, 0.4) is 0 Å². The minimum atomic E-state index is -0.258. The number of hydrogen-bond donors (Lipinski definition) is 2. The molecule has 0 aliphatic carbocycles. The number of anilines is 1. The molecule has 0 aliphatic heterocycles. The molecule has 2 heterocycles. The van der Waals surface area contributed by atoms with E-state index in [1.807, 2.05) is 36.4 Å².